The van der Waals surface area contributed by atoms with Gasteiger partial charge in [-0.2, -0.15) is 0 Å². The first-order chi connectivity index (χ1) is 8.69. The molecule has 1 amide bonds. The first-order valence-electron chi connectivity index (χ1n) is 7.30. The van der Waals surface area contributed by atoms with Gasteiger partial charge in [-0.05, 0) is 45.4 Å². The highest BCUT2D eigenvalue weighted by Gasteiger charge is 2.58. The van der Waals surface area contributed by atoms with Crippen LogP contribution in [-0.4, -0.2) is 28.7 Å². The molecule has 0 aromatic heterocycles. The summed E-state index contributed by atoms with van der Waals surface area (Å²) < 4.78 is 5.59. The molecule has 3 aliphatic rings. The fourth-order valence-corrected chi connectivity index (χ4v) is 4.66. The number of nitrogens with zero attached hydrogens (tertiary/aromatic N) is 1. The molecule has 3 heteroatoms. The molecule has 2 saturated heterocycles. The van der Waals surface area contributed by atoms with Crippen LogP contribution in [0.4, 0.5) is 4.79 Å². The van der Waals surface area contributed by atoms with Crippen molar-refractivity contribution in [3.8, 4) is 0 Å². The van der Waals surface area contributed by atoms with Gasteiger partial charge >= 0.3 is 6.09 Å². The van der Waals surface area contributed by atoms with E-state index in [0.29, 0.717) is 12.0 Å². The van der Waals surface area contributed by atoms with Gasteiger partial charge in [0.25, 0.3) is 0 Å². The molecule has 3 nitrogen and oxygen atoms in total. The van der Waals surface area contributed by atoms with E-state index in [4.69, 9.17) is 4.74 Å². The molecule has 2 heterocycles. The number of carbonyl (C=O) groups excluding carboxylic acids is 1. The SMILES string of the molecule is C=CC[C@@H]1CCC[C@@]23CCC[C@@H]2[C@@H](C)OC(=O)N13. The van der Waals surface area contributed by atoms with Crippen molar-refractivity contribution >= 4 is 6.09 Å². The van der Waals surface area contributed by atoms with E-state index in [9.17, 15) is 4.79 Å². The quantitative estimate of drug-likeness (QED) is 0.701. The summed E-state index contributed by atoms with van der Waals surface area (Å²) >= 11 is 0. The summed E-state index contributed by atoms with van der Waals surface area (Å²) in [4.78, 5) is 14.4. The minimum absolute atomic E-state index is 0.0767. The van der Waals surface area contributed by atoms with Gasteiger partial charge in [0.2, 0.25) is 0 Å². The second kappa shape index (κ2) is 4.29. The summed E-state index contributed by atoms with van der Waals surface area (Å²) in [5.74, 6) is 0.544. The largest absolute Gasteiger partial charge is 0.446 e. The smallest absolute Gasteiger partial charge is 0.410 e. The Bertz CT molecular complexity index is 368. The Kier molecular flexibility index (Phi) is 2.87. The third kappa shape index (κ3) is 1.52. The molecule has 100 valence electrons. The fourth-order valence-electron chi connectivity index (χ4n) is 4.66. The monoisotopic (exact) mass is 249 g/mol. The Labute approximate surface area is 109 Å². The van der Waals surface area contributed by atoms with Crippen molar-refractivity contribution in [2.45, 2.75) is 69.6 Å². The highest BCUT2D eigenvalue weighted by atomic mass is 16.6. The topological polar surface area (TPSA) is 29.5 Å². The van der Waals surface area contributed by atoms with E-state index >= 15 is 0 Å². The molecule has 0 bridgehead atoms. The lowest BCUT2D eigenvalue weighted by Crippen LogP contribution is -2.66. The minimum Gasteiger partial charge on any atom is -0.446 e. The Balaban J connectivity index is 1.97. The maximum absolute atomic E-state index is 12.3. The van der Waals surface area contributed by atoms with E-state index in [2.05, 4.69) is 18.4 Å². The van der Waals surface area contributed by atoms with E-state index in [-0.39, 0.29) is 17.7 Å². The molecule has 0 radical (unpaired) electrons. The Morgan fingerprint density at radius 1 is 1.44 bits per heavy atom. The maximum Gasteiger partial charge on any atom is 0.410 e. The zero-order valence-corrected chi connectivity index (χ0v) is 11.2. The van der Waals surface area contributed by atoms with Gasteiger partial charge in [0.15, 0.2) is 0 Å². The number of carbonyl (C=O) groups is 1. The molecule has 1 saturated carbocycles. The van der Waals surface area contributed by atoms with Crippen LogP contribution in [0.2, 0.25) is 0 Å². The molecule has 0 N–H and O–H groups in total. The van der Waals surface area contributed by atoms with Crippen LogP contribution in [0.5, 0.6) is 0 Å². The molecular formula is C15H23NO2. The fraction of sp³-hybridized carbons (Fsp3) is 0.800. The Hall–Kier alpha value is -0.990. The van der Waals surface area contributed by atoms with Crippen LogP contribution in [0.1, 0.15) is 51.9 Å². The van der Waals surface area contributed by atoms with Gasteiger partial charge in [-0.1, -0.05) is 12.5 Å². The zero-order chi connectivity index (χ0) is 12.8. The van der Waals surface area contributed by atoms with E-state index < -0.39 is 0 Å². The molecule has 18 heavy (non-hydrogen) atoms. The van der Waals surface area contributed by atoms with Crippen molar-refractivity contribution in [3.05, 3.63) is 12.7 Å². The van der Waals surface area contributed by atoms with Crippen molar-refractivity contribution in [1.29, 1.82) is 0 Å². The summed E-state index contributed by atoms with van der Waals surface area (Å²) in [6.07, 6.45) is 10.0. The first kappa shape index (κ1) is 12.1. The number of hydrogen-bond acceptors (Lipinski definition) is 2. The van der Waals surface area contributed by atoms with Gasteiger partial charge in [-0.25, -0.2) is 4.79 Å². The van der Waals surface area contributed by atoms with Gasteiger partial charge in [0.1, 0.15) is 6.10 Å². The second-order valence-electron chi connectivity index (χ2n) is 6.13. The second-order valence-corrected chi connectivity index (χ2v) is 6.13. The number of cyclic esters (lactones) is 1. The Morgan fingerprint density at radius 3 is 2.89 bits per heavy atom. The summed E-state index contributed by atoms with van der Waals surface area (Å²) in [7, 11) is 0. The van der Waals surface area contributed by atoms with Crippen molar-refractivity contribution in [1.82, 2.24) is 4.90 Å². The average molecular weight is 249 g/mol. The van der Waals surface area contributed by atoms with Gasteiger partial charge in [-0.15, -0.1) is 6.58 Å². The zero-order valence-electron chi connectivity index (χ0n) is 11.2. The minimum atomic E-state index is -0.0767. The standard InChI is InChI=1S/C15H23NO2/c1-3-6-12-7-4-9-15-10-5-8-13(15)11(2)18-14(17)16(12)15/h3,11-13H,1,4-10H2,2H3/t11-,12-,13-,15-/m1/s1. The lowest BCUT2D eigenvalue weighted by atomic mass is 9.73. The highest BCUT2D eigenvalue weighted by molar-refractivity contribution is 5.71. The molecule has 3 rings (SSSR count). The Morgan fingerprint density at radius 2 is 2.17 bits per heavy atom. The average Bonchev–Trinajstić information content (AvgIpc) is 2.73. The summed E-state index contributed by atoms with van der Waals surface area (Å²) in [5, 5.41) is 0. The molecule has 0 unspecified atom stereocenters. The van der Waals surface area contributed by atoms with Crippen molar-refractivity contribution < 1.29 is 9.53 Å². The number of ether oxygens (including phenoxy) is 1. The summed E-state index contributed by atoms with van der Waals surface area (Å²) in [6.45, 7) is 5.91. The van der Waals surface area contributed by atoms with E-state index in [0.717, 1.165) is 12.8 Å². The normalized spacial score (nSPS) is 43.1. The maximum atomic E-state index is 12.3. The van der Waals surface area contributed by atoms with Crippen LogP contribution < -0.4 is 0 Å². The lowest BCUT2D eigenvalue weighted by Gasteiger charge is -2.56. The lowest BCUT2D eigenvalue weighted by molar-refractivity contribution is -0.105. The molecule has 0 aromatic rings. The van der Waals surface area contributed by atoms with Crippen LogP contribution in [-0.2, 0) is 4.74 Å². The van der Waals surface area contributed by atoms with Gasteiger partial charge < -0.3 is 4.74 Å². The molecule has 0 aromatic carbocycles. The van der Waals surface area contributed by atoms with Crippen LogP contribution in [0.3, 0.4) is 0 Å². The van der Waals surface area contributed by atoms with E-state index in [1.54, 1.807) is 0 Å². The number of hydrogen-bond donors (Lipinski definition) is 0. The van der Waals surface area contributed by atoms with E-state index in [1.807, 2.05) is 6.08 Å². The molecule has 1 spiro atoms. The van der Waals surface area contributed by atoms with Crippen molar-refractivity contribution in [3.63, 3.8) is 0 Å². The van der Waals surface area contributed by atoms with Crippen LogP contribution >= 0.6 is 0 Å². The van der Waals surface area contributed by atoms with E-state index in [1.165, 1.54) is 32.1 Å². The third-order valence-electron chi connectivity index (χ3n) is 5.30. The van der Waals surface area contributed by atoms with Gasteiger partial charge in [0.05, 0.1) is 5.54 Å². The predicted molar refractivity (Wildman–Crippen MR) is 70.3 cm³/mol. The predicted octanol–water partition coefficient (Wildman–Crippen LogP) is 3.49. The summed E-state index contributed by atoms with van der Waals surface area (Å²) in [6, 6.07) is 0.317. The van der Waals surface area contributed by atoms with Crippen LogP contribution in [0.15, 0.2) is 12.7 Å². The van der Waals surface area contributed by atoms with Crippen LogP contribution in [0.25, 0.3) is 0 Å². The third-order valence-corrected chi connectivity index (χ3v) is 5.30. The molecular weight excluding hydrogens is 226 g/mol. The number of piperidine rings is 1. The number of amides is 1. The number of rotatable bonds is 2. The van der Waals surface area contributed by atoms with Gasteiger partial charge in [0, 0.05) is 12.0 Å². The highest BCUT2D eigenvalue weighted by Crippen LogP contribution is 2.52. The van der Waals surface area contributed by atoms with Gasteiger partial charge in [-0.3, -0.25) is 4.90 Å². The van der Waals surface area contributed by atoms with Crippen molar-refractivity contribution in [2.24, 2.45) is 5.92 Å². The first-order valence-corrected chi connectivity index (χ1v) is 7.30. The summed E-state index contributed by atoms with van der Waals surface area (Å²) in [5.41, 5.74) is 0.112. The van der Waals surface area contributed by atoms with Crippen molar-refractivity contribution in [2.75, 3.05) is 0 Å². The molecule has 2 aliphatic heterocycles. The van der Waals surface area contributed by atoms with Crippen LogP contribution in [0, 0.1) is 5.92 Å². The molecule has 1 aliphatic carbocycles. The molecule has 3 fully saturated rings. The molecule has 4 atom stereocenters.